The van der Waals surface area contributed by atoms with Crippen LogP contribution in [0.15, 0.2) is 12.3 Å². The first-order valence-electron chi connectivity index (χ1n) is 7.20. The van der Waals surface area contributed by atoms with E-state index in [1.807, 2.05) is 0 Å². The molecule has 0 bridgehead atoms. The van der Waals surface area contributed by atoms with Gasteiger partial charge < -0.3 is 9.47 Å². The molecule has 1 aliphatic carbocycles. The molecule has 2 fully saturated rings. The van der Waals surface area contributed by atoms with Crippen molar-refractivity contribution in [3.63, 3.8) is 0 Å². The normalized spacial score (nSPS) is 25.6. The van der Waals surface area contributed by atoms with Gasteiger partial charge in [0.25, 0.3) is 5.91 Å². The predicted octanol–water partition coefficient (Wildman–Crippen LogP) is 1.72. The molecule has 0 aromatic carbocycles. The monoisotopic (exact) mass is 330 g/mol. The molecule has 116 valence electrons. The van der Waals surface area contributed by atoms with E-state index in [1.54, 1.807) is 28.8 Å². The molecule has 5 nitrogen and oxygen atoms in total. The Bertz CT molecular complexity index is 664. The molecule has 7 heteroatoms. The van der Waals surface area contributed by atoms with Crippen LogP contribution in [0.25, 0.3) is 0 Å². The fourth-order valence-corrected chi connectivity index (χ4v) is 5.05. The highest BCUT2D eigenvalue weighted by molar-refractivity contribution is 7.91. The van der Waals surface area contributed by atoms with E-state index in [2.05, 4.69) is 0 Å². The molecule has 1 saturated carbocycles. The molecule has 1 saturated heterocycles. The minimum atomic E-state index is -3.03. The van der Waals surface area contributed by atoms with Crippen LogP contribution in [-0.4, -0.2) is 47.9 Å². The Morgan fingerprint density at radius 3 is 2.62 bits per heavy atom. The lowest BCUT2D eigenvalue weighted by atomic mass is 9.79. The topological polar surface area (TPSA) is 59.4 Å². The van der Waals surface area contributed by atoms with Gasteiger partial charge in [-0.2, -0.15) is 0 Å². The van der Waals surface area contributed by atoms with Crippen molar-refractivity contribution >= 4 is 27.3 Å². The maximum absolute atomic E-state index is 12.8. The van der Waals surface area contributed by atoms with E-state index >= 15 is 0 Å². The lowest BCUT2D eigenvalue weighted by Crippen LogP contribution is -2.55. The van der Waals surface area contributed by atoms with Gasteiger partial charge in [0.05, 0.1) is 16.5 Å². The van der Waals surface area contributed by atoms with Crippen molar-refractivity contribution in [1.82, 2.24) is 9.47 Å². The van der Waals surface area contributed by atoms with E-state index in [1.165, 1.54) is 0 Å². The summed E-state index contributed by atoms with van der Waals surface area (Å²) in [7, 11) is -1.26. The molecule has 1 aromatic rings. The van der Waals surface area contributed by atoms with Crippen LogP contribution in [0, 0.1) is 5.92 Å². The number of nitrogens with zero attached hydrogens (tertiary/aromatic N) is 2. The van der Waals surface area contributed by atoms with Crippen molar-refractivity contribution in [1.29, 1.82) is 0 Å². The molecule has 0 N–H and O–H groups in total. The molecule has 1 atom stereocenters. The van der Waals surface area contributed by atoms with Gasteiger partial charge in [-0.25, -0.2) is 8.42 Å². The summed E-state index contributed by atoms with van der Waals surface area (Å²) >= 11 is 5.94. The quantitative estimate of drug-likeness (QED) is 0.829. The van der Waals surface area contributed by atoms with E-state index < -0.39 is 9.84 Å². The Labute approximate surface area is 129 Å². The van der Waals surface area contributed by atoms with E-state index in [4.69, 9.17) is 11.6 Å². The Balaban J connectivity index is 1.88. The predicted molar refractivity (Wildman–Crippen MR) is 81.2 cm³/mol. The zero-order valence-corrected chi connectivity index (χ0v) is 13.5. The minimum absolute atomic E-state index is 0.0557. The lowest BCUT2D eigenvalue weighted by molar-refractivity contribution is 0.0554. The largest absolute Gasteiger partial charge is 0.345 e. The summed E-state index contributed by atoms with van der Waals surface area (Å²) in [6.45, 7) is 0.283. The molecule has 0 unspecified atom stereocenters. The van der Waals surface area contributed by atoms with E-state index in [9.17, 15) is 13.2 Å². The van der Waals surface area contributed by atoms with Crippen LogP contribution >= 0.6 is 11.6 Å². The van der Waals surface area contributed by atoms with Gasteiger partial charge in [0, 0.05) is 25.8 Å². The fraction of sp³-hybridized carbons (Fsp3) is 0.643. The standard InChI is InChI=1S/C14H19ClN2O3S/c1-16-8-11(15)7-12(16)14(18)17-5-6-21(19,20)9-13(17)10-3-2-4-10/h7-8,10,13H,2-6,9H2,1H3/t13-/m0/s1. The summed E-state index contributed by atoms with van der Waals surface area (Å²) < 4.78 is 25.5. The average Bonchev–Trinajstić information content (AvgIpc) is 2.65. The second-order valence-electron chi connectivity index (χ2n) is 6.03. The number of amides is 1. The molecule has 0 radical (unpaired) electrons. The first-order valence-corrected chi connectivity index (χ1v) is 9.40. The second-order valence-corrected chi connectivity index (χ2v) is 8.69. The summed E-state index contributed by atoms with van der Waals surface area (Å²) in [5.41, 5.74) is 0.517. The van der Waals surface area contributed by atoms with E-state index in [0.717, 1.165) is 19.3 Å². The van der Waals surface area contributed by atoms with Gasteiger partial charge >= 0.3 is 0 Å². The first kappa shape index (κ1) is 14.9. The summed E-state index contributed by atoms with van der Waals surface area (Å²) in [6.07, 6.45) is 4.84. The number of aromatic nitrogens is 1. The van der Waals surface area contributed by atoms with Crippen molar-refractivity contribution in [3.8, 4) is 0 Å². The van der Waals surface area contributed by atoms with Gasteiger partial charge in [-0.05, 0) is 24.8 Å². The Hall–Kier alpha value is -1.01. The van der Waals surface area contributed by atoms with Crippen LogP contribution in [0.1, 0.15) is 29.8 Å². The van der Waals surface area contributed by atoms with Crippen LogP contribution in [-0.2, 0) is 16.9 Å². The smallest absolute Gasteiger partial charge is 0.270 e. The third kappa shape index (κ3) is 2.83. The highest BCUT2D eigenvalue weighted by atomic mass is 35.5. The number of hydrogen-bond acceptors (Lipinski definition) is 3. The number of rotatable bonds is 2. The van der Waals surface area contributed by atoms with Crippen LogP contribution in [0.3, 0.4) is 0 Å². The van der Waals surface area contributed by atoms with Crippen molar-refractivity contribution in [2.24, 2.45) is 13.0 Å². The molecule has 1 aliphatic heterocycles. The first-order chi connectivity index (χ1) is 9.87. The summed E-state index contributed by atoms with van der Waals surface area (Å²) in [6, 6.07) is 1.46. The Morgan fingerprint density at radius 2 is 2.10 bits per heavy atom. The van der Waals surface area contributed by atoms with Crippen molar-refractivity contribution in [2.75, 3.05) is 18.1 Å². The van der Waals surface area contributed by atoms with Crippen LogP contribution in [0.5, 0.6) is 0 Å². The average molecular weight is 331 g/mol. The number of halogens is 1. The van der Waals surface area contributed by atoms with Crippen molar-refractivity contribution < 1.29 is 13.2 Å². The van der Waals surface area contributed by atoms with E-state index in [0.29, 0.717) is 16.6 Å². The van der Waals surface area contributed by atoms with Gasteiger partial charge in [-0.15, -0.1) is 0 Å². The summed E-state index contributed by atoms with van der Waals surface area (Å²) in [5, 5.41) is 0.519. The maximum Gasteiger partial charge on any atom is 0.270 e. The summed E-state index contributed by atoms with van der Waals surface area (Å²) in [5.74, 6) is 0.359. The zero-order valence-electron chi connectivity index (χ0n) is 12.0. The number of aryl methyl sites for hydroxylation is 1. The Morgan fingerprint density at radius 1 is 1.38 bits per heavy atom. The molecule has 3 rings (SSSR count). The van der Waals surface area contributed by atoms with Gasteiger partial charge in [0.2, 0.25) is 0 Å². The lowest BCUT2D eigenvalue weighted by Gasteiger charge is -2.43. The van der Waals surface area contributed by atoms with Gasteiger partial charge in [-0.3, -0.25) is 4.79 Å². The number of carbonyl (C=O) groups excluding carboxylic acids is 1. The third-order valence-corrected chi connectivity index (χ3v) is 6.47. The molecular weight excluding hydrogens is 312 g/mol. The van der Waals surface area contributed by atoms with Gasteiger partial charge in [0.15, 0.2) is 9.84 Å². The Kier molecular flexibility index (Phi) is 3.78. The van der Waals surface area contributed by atoms with Gasteiger partial charge in [0.1, 0.15) is 5.69 Å². The molecular formula is C14H19ClN2O3S. The van der Waals surface area contributed by atoms with Crippen molar-refractivity contribution in [2.45, 2.75) is 25.3 Å². The second kappa shape index (κ2) is 5.32. The maximum atomic E-state index is 12.8. The van der Waals surface area contributed by atoms with Crippen LogP contribution in [0.2, 0.25) is 5.02 Å². The summed E-state index contributed by atoms with van der Waals surface area (Å²) in [4.78, 5) is 14.5. The molecule has 0 spiro atoms. The molecule has 1 aromatic heterocycles. The number of carbonyl (C=O) groups is 1. The van der Waals surface area contributed by atoms with Gasteiger partial charge in [-0.1, -0.05) is 18.0 Å². The fourth-order valence-electron chi connectivity index (χ4n) is 3.19. The van der Waals surface area contributed by atoms with Crippen LogP contribution < -0.4 is 0 Å². The highest BCUT2D eigenvalue weighted by Crippen LogP contribution is 2.35. The third-order valence-electron chi connectivity index (χ3n) is 4.61. The molecule has 21 heavy (non-hydrogen) atoms. The van der Waals surface area contributed by atoms with Crippen molar-refractivity contribution in [3.05, 3.63) is 23.0 Å². The number of hydrogen-bond donors (Lipinski definition) is 0. The SMILES string of the molecule is Cn1cc(Cl)cc1C(=O)N1CCS(=O)(=O)C[C@H]1C1CCC1. The molecule has 1 amide bonds. The van der Waals surface area contributed by atoms with Crippen LogP contribution in [0.4, 0.5) is 0 Å². The zero-order chi connectivity index (χ0) is 15.2. The highest BCUT2D eigenvalue weighted by Gasteiger charge is 2.41. The minimum Gasteiger partial charge on any atom is -0.345 e. The molecule has 2 heterocycles. The number of sulfone groups is 1. The van der Waals surface area contributed by atoms with E-state index in [-0.39, 0.29) is 30.0 Å². The molecule has 2 aliphatic rings.